The molecular weight excluding hydrogens is 394 g/mol. The molecule has 1 aromatic carbocycles. The molecule has 3 N–H and O–H groups in total. The monoisotopic (exact) mass is 407 g/mol. The van der Waals surface area contributed by atoms with E-state index in [2.05, 4.69) is 10.3 Å². The van der Waals surface area contributed by atoms with Gasteiger partial charge in [-0.2, -0.15) is 0 Å². The first-order valence-electron chi connectivity index (χ1n) is 7.41. The fraction of sp³-hybridized carbons (Fsp3) is 0.118. The number of hydrogen-bond donors (Lipinski definition) is 2. The number of ether oxygens (including phenoxy) is 1. The number of nitrogens with zero attached hydrogens (tertiary/aromatic N) is 1. The Morgan fingerprint density at radius 2 is 2.00 bits per heavy atom. The molecule has 134 valence electrons. The number of primary amides is 1. The summed E-state index contributed by atoms with van der Waals surface area (Å²) in [7, 11) is 1.48. The number of thiophene rings is 1. The second kappa shape index (κ2) is 7.45. The fourth-order valence-corrected chi connectivity index (χ4v) is 4.34. The summed E-state index contributed by atoms with van der Waals surface area (Å²) in [6.45, 7) is 1.77. The van der Waals surface area contributed by atoms with E-state index < -0.39 is 5.91 Å². The maximum Gasteiger partial charge on any atom is 0.267 e. The number of rotatable bonds is 5. The number of benzene rings is 1. The van der Waals surface area contributed by atoms with Gasteiger partial charge in [-0.1, -0.05) is 11.6 Å². The topological polar surface area (TPSA) is 94.3 Å². The first-order valence-corrected chi connectivity index (χ1v) is 9.42. The molecule has 0 aliphatic heterocycles. The van der Waals surface area contributed by atoms with E-state index >= 15 is 0 Å². The maximum absolute atomic E-state index is 12.7. The number of anilines is 1. The van der Waals surface area contributed by atoms with Gasteiger partial charge in [0.1, 0.15) is 15.6 Å². The third-order valence-corrected chi connectivity index (χ3v) is 6.08. The minimum Gasteiger partial charge on any atom is -0.495 e. The number of hydrogen-bond acceptors (Lipinski definition) is 6. The number of thiazole rings is 1. The van der Waals surface area contributed by atoms with Crippen molar-refractivity contribution in [2.75, 3.05) is 12.4 Å². The lowest BCUT2D eigenvalue weighted by Crippen LogP contribution is -2.15. The Morgan fingerprint density at radius 1 is 1.23 bits per heavy atom. The molecule has 0 aliphatic carbocycles. The number of halogens is 1. The lowest BCUT2D eigenvalue weighted by Gasteiger charge is -2.10. The largest absolute Gasteiger partial charge is 0.495 e. The summed E-state index contributed by atoms with van der Waals surface area (Å²) in [5.41, 5.74) is 6.55. The fourth-order valence-electron chi connectivity index (χ4n) is 2.28. The Labute approximate surface area is 162 Å². The zero-order chi connectivity index (χ0) is 18.8. The average Bonchev–Trinajstić information content (AvgIpc) is 3.20. The molecule has 0 radical (unpaired) electrons. The van der Waals surface area contributed by atoms with Crippen LogP contribution in [0, 0.1) is 6.92 Å². The quantitative estimate of drug-likeness (QED) is 0.662. The lowest BCUT2D eigenvalue weighted by atomic mass is 10.1. The molecule has 0 saturated heterocycles. The van der Waals surface area contributed by atoms with Crippen LogP contribution in [0.5, 0.6) is 5.75 Å². The van der Waals surface area contributed by atoms with E-state index in [1.807, 2.05) is 6.07 Å². The third-order valence-electron chi connectivity index (χ3n) is 3.52. The summed E-state index contributed by atoms with van der Waals surface area (Å²) in [5.74, 6) is -0.501. The second-order valence-electron chi connectivity index (χ2n) is 5.27. The molecule has 0 fully saturated rings. The molecule has 2 aromatic heterocycles. The van der Waals surface area contributed by atoms with Gasteiger partial charge in [0.2, 0.25) is 5.91 Å². The van der Waals surface area contributed by atoms with Crippen molar-refractivity contribution in [1.82, 2.24) is 4.98 Å². The number of carbonyl (C=O) groups is 2. The van der Waals surface area contributed by atoms with Crippen LogP contribution in [0.25, 0.3) is 9.88 Å². The molecule has 0 unspecified atom stereocenters. The molecule has 0 aliphatic rings. The van der Waals surface area contributed by atoms with Gasteiger partial charge in [0.05, 0.1) is 27.7 Å². The van der Waals surface area contributed by atoms with E-state index in [1.54, 1.807) is 19.1 Å². The number of amides is 2. The molecule has 0 atom stereocenters. The summed E-state index contributed by atoms with van der Waals surface area (Å²) < 4.78 is 5.89. The summed E-state index contributed by atoms with van der Waals surface area (Å²) in [6.07, 6.45) is 0. The van der Waals surface area contributed by atoms with Crippen molar-refractivity contribution in [3.8, 4) is 15.6 Å². The van der Waals surface area contributed by atoms with Crippen molar-refractivity contribution in [2.45, 2.75) is 6.92 Å². The van der Waals surface area contributed by atoms with E-state index in [4.69, 9.17) is 22.1 Å². The minimum atomic E-state index is -0.589. The van der Waals surface area contributed by atoms with Crippen molar-refractivity contribution in [3.05, 3.63) is 50.8 Å². The Kier molecular flexibility index (Phi) is 5.26. The summed E-state index contributed by atoms with van der Waals surface area (Å²) in [5, 5.41) is 3.48. The van der Waals surface area contributed by atoms with Gasteiger partial charge in [-0.15, -0.1) is 22.7 Å². The van der Waals surface area contributed by atoms with E-state index in [9.17, 15) is 9.59 Å². The highest BCUT2D eigenvalue weighted by atomic mass is 35.5. The van der Waals surface area contributed by atoms with Crippen molar-refractivity contribution in [3.63, 3.8) is 0 Å². The van der Waals surface area contributed by atoms with Gasteiger partial charge in [-0.3, -0.25) is 9.59 Å². The Bertz CT molecular complexity index is 997. The SMILES string of the molecule is COc1ccc(C(N)=O)cc1NC(=O)c1sc(-c2ccc(Cl)s2)nc1C. The van der Waals surface area contributed by atoms with Crippen LogP contribution in [0.1, 0.15) is 25.7 Å². The van der Waals surface area contributed by atoms with Gasteiger partial charge in [0.15, 0.2) is 0 Å². The lowest BCUT2D eigenvalue weighted by molar-refractivity contribution is 0.0996. The smallest absolute Gasteiger partial charge is 0.267 e. The number of nitrogens with one attached hydrogen (secondary N) is 1. The number of aromatic nitrogens is 1. The average molecular weight is 408 g/mol. The molecule has 2 heterocycles. The van der Waals surface area contributed by atoms with Gasteiger partial charge in [0, 0.05) is 5.56 Å². The zero-order valence-corrected chi connectivity index (χ0v) is 16.2. The molecule has 9 heteroatoms. The van der Waals surface area contributed by atoms with E-state index in [1.165, 1.54) is 41.9 Å². The highest BCUT2D eigenvalue weighted by molar-refractivity contribution is 7.24. The van der Waals surface area contributed by atoms with Crippen LogP contribution in [-0.2, 0) is 0 Å². The highest BCUT2D eigenvalue weighted by Gasteiger charge is 2.19. The molecular formula is C17H14ClN3O3S2. The van der Waals surface area contributed by atoms with E-state index in [0.717, 1.165) is 9.88 Å². The summed E-state index contributed by atoms with van der Waals surface area (Å²) in [4.78, 5) is 29.9. The van der Waals surface area contributed by atoms with Crippen molar-refractivity contribution in [1.29, 1.82) is 0 Å². The number of carbonyl (C=O) groups excluding carboxylic acids is 2. The van der Waals surface area contributed by atoms with Gasteiger partial charge in [-0.05, 0) is 37.3 Å². The maximum atomic E-state index is 12.7. The Balaban J connectivity index is 1.90. The molecule has 0 spiro atoms. The molecule has 0 saturated carbocycles. The summed E-state index contributed by atoms with van der Waals surface area (Å²) >= 11 is 8.64. The number of methoxy groups -OCH3 is 1. The van der Waals surface area contributed by atoms with Crippen molar-refractivity contribution in [2.24, 2.45) is 5.73 Å². The number of aryl methyl sites for hydroxylation is 1. The third kappa shape index (κ3) is 3.72. The number of nitrogens with two attached hydrogens (primary N) is 1. The van der Waals surface area contributed by atoms with Gasteiger partial charge in [-0.25, -0.2) is 4.98 Å². The van der Waals surface area contributed by atoms with Crippen LogP contribution in [0.2, 0.25) is 4.34 Å². The predicted molar refractivity (Wildman–Crippen MR) is 105 cm³/mol. The Morgan fingerprint density at radius 3 is 2.62 bits per heavy atom. The van der Waals surface area contributed by atoms with Gasteiger partial charge >= 0.3 is 0 Å². The molecule has 0 bridgehead atoms. The second-order valence-corrected chi connectivity index (χ2v) is 7.98. The van der Waals surface area contributed by atoms with Crippen LogP contribution < -0.4 is 15.8 Å². The van der Waals surface area contributed by atoms with Crippen LogP contribution in [0.15, 0.2) is 30.3 Å². The Hall–Kier alpha value is -2.42. The van der Waals surface area contributed by atoms with Crippen LogP contribution in [0.3, 0.4) is 0 Å². The van der Waals surface area contributed by atoms with Crippen molar-refractivity contribution < 1.29 is 14.3 Å². The van der Waals surface area contributed by atoms with E-state index in [0.29, 0.717) is 26.3 Å². The molecule has 3 rings (SSSR count). The normalized spacial score (nSPS) is 10.6. The first-order chi connectivity index (χ1) is 12.4. The van der Waals surface area contributed by atoms with Crippen molar-refractivity contribution >= 4 is 51.8 Å². The molecule has 3 aromatic rings. The van der Waals surface area contributed by atoms with Gasteiger partial charge < -0.3 is 15.8 Å². The highest BCUT2D eigenvalue weighted by Crippen LogP contribution is 2.35. The van der Waals surface area contributed by atoms with Crippen LogP contribution in [0.4, 0.5) is 5.69 Å². The van der Waals surface area contributed by atoms with Crippen LogP contribution >= 0.6 is 34.3 Å². The minimum absolute atomic E-state index is 0.274. The molecule has 26 heavy (non-hydrogen) atoms. The van der Waals surface area contributed by atoms with Crippen LogP contribution in [-0.4, -0.2) is 23.9 Å². The first kappa shape index (κ1) is 18.4. The standard InChI is InChI=1S/C17H14ClN3O3S2/c1-8-14(26-17(20-8)12-5-6-13(18)25-12)16(23)21-10-7-9(15(19)22)3-4-11(10)24-2/h3-7H,1-2H3,(H2,19,22)(H,21,23). The zero-order valence-electron chi connectivity index (χ0n) is 13.8. The van der Waals surface area contributed by atoms with Gasteiger partial charge in [0.25, 0.3) is 5.91 Å². The summed E-state index contributed by atoms with van der Waals surface area (Å²) in [6, 6.07) is 8.25. The van der Waals surface area contributed by atoms with E-state index in [-0.39, 0.29) is 11.5 Å². The molecule has 2 amide bonds. The predicted octanol–water partition coefficient (Wildman–Crippen LogP) is 4.19. The molecule has 6 nitrogen and oxygen atoms in total.